The molecule has 100 valence electrons. The summed E-state index contributed by atoms with van der Waals surface area (Å²) in [5.41, 5.74) is 2.75. The van der Waals surface area contributed by atoms with Crippen molar-refractivity contribution >= 4 is 28.5 Å². The average Bonchev–Trinajstić information content (AvgIpc) is 2.79. The van der Waals surface area contributed by atoms with Crippen LogP contribution in [0.2, 0.25) is 5.02 Å². The van der Waals surface area contributed by atoms with Gasteiger partial charge in [0.25, 0.3) is 0 Å². The molecule has 1 N–H and O–H groups in total. The van der Waals surface area contributed by atoms with Gasteiger partial charge in [-0.3, -0.25) is 9.78 Å². The number of oxazole rings is 1. The van der Waals surface area contributed by atoms with E-state index in [1.807, 2.05) is 6.92 Å². The van der Waals surface area contributed by atoms with Crippen molar-refractivity contribution in [3.05, 3.63) is 68.7 Å². The zero-order valence-electron chi connectivity index (χ0n) is 10.6. The molecule has 0 amide bonds. The van der Waals surface area contributed by atoms with E-state index in [4.69, 9.17) is 16.0 Å². The summed E-state index contributed by atoms with van der Waals surface area (Å²) in [5.74, 6) is -0.695. The Bertz CT molecular complexity index is 876. The molecule has 1 aromatic heterocycles. The highest BCUT2D eigenvalue weighted by atomic mass is 35.5. The van der Waals surface area contributed by atoms with Gasteiger partial charge in [-0.05, 0) is 42.8 Å². The Balaban J connectivity index is 2.12. The van der Waals surface area contributed by atoms with Crippen molar-refractivity contribution in [2.24, 2.45) is 0 Å². The number of nitrogens with one attached hydrogen (secondary N) is 1. The molecule has 3 aromatic rings. The van der Waals surface area contributed by atoms with Gasteiger partial charge in [0.05, 0.1) is 5.52 Å². The van der Waals surface area contributed by atoms with E-state index in [2.05, 4.69) is 4.98 Å². The number of benzene rings is 2. The minimum atomic E-state index is -0.538. The summed E-state index contributed by atoms with van der Waals surface area (Å²) in [7, 11) is 0. The number of hydrogen-bond acceptors (Lipinski definition) is 3. The minimum absolute atomic E-state index is 0.157. The van der Waals surface area contributed by atoms with E-state index in [0.29, 0.717) is 27.2 Å². The third kappa shape index (κ3) is 2.14. The van der Waals surface area contributed by atoms with Gasteiger partial charge in [0.15, 0.2) is 11.4 Å². The molecule has 20 heavy (non-hydrogen) atoms. The Morgan fingerprint density at radius 1 is 1.20 bits per heavy atom. The second-order valence-electron chi connectivity index (χ2n) is 4.51. The molecule has 4 nitrogen and oxygen atoms in total. The summed E-state index contributed by atoms with van der Waals surface area (Å²) in [6.45, 7) is 1.85. The van der Waals surface area contributed by atoms with Gasteiger partial charge in [0.1, 0.15) is 0 Å². The molecular weight excluding hydrogens is 278 g/mol. The number of fused-ring (bicyclic) bond motifs is 1. The molecule has 2 aromatic carbocycles. The van der Waals surface area contributed by atoms with Crippen molar-refractivity contribution in [1.82, 2.24) is 4.98 Å². The molecule has 0 unspecified atom stereocenters. The van der Waals surface area contributed by atoms with Gasteiger partial charge in [0, 0.05) is 16.1 Å². The molecule has 0 saturated carbocycles. The highest BCUT2D eigenvalue weighted by molar-refractivity contribution is 6.31. The highest BCUT2D eigenvalue weighted by Crippen LogP contribution is 2.21. The SMILES string of the molecule is Cc1ccc(Cl)cc1C(=O)c1ccc2[nH]c(=O)oc2c1. The molecule has 5 heteroatoms. The van der Waals surface area contributed by atoms with Crippen LogP contribution in [0.1, 0.15) is 21.5 Å². The number of hydrogen-bond donors (Lipinski definition) is 1. The van der Waals surface area contributed by atoms with Crippen LogP contribution < -0.4 is 5.76 Å². The highest BCUT2D eigenvalue weighted by Gasteiger charge is 2.14. The lowest BCUT2D eigenvalue weighted by molar-refractivity contribution is 0.103. The van der Waals surface area contributed by atoms with Gasteiger partial charge in [-0.25, -0.2) is 4.79 Å². The summed E-state index contributed by atoms with van der Waals surface area (Å²) in [6, 6.07) is 10.0. The lowest BCUT2D eigenvalue weighted by Crippen LogP contribution is -2.03. The van der Waals surface area contributed by atoms with Crippen molar-refractivity contribution in [3.8, 4) is 0 Å². The van der Waals surface area contributed by atoms with Crippen molar-refractivity contribution in [3.63, 3.8) is 0 Å². The lowest BCUT2D eigenvalue weighted by Gasteiger charge is -2.05. The molecule has 0 aliphatic carbocycles. The van der Waals surface area contributed by atoms with Crippen LogP contribution in [0.5, 0.6) is 0 Å². The van der Waals surface area contributed by atoms with Crippen LogP contribution in [0.25, 0.3) is 11.1 Å². The fourth-order valence-corrected chi connectivity index (χ4v) is 2.25. The number of carbonyl (C=O) groups excluding carboxylic acids is 1. The Labute approximate surface area is 119 Å². The third-order valence-electron chi connectivity index (χ3n) is 3.13. The van der Waals surface area contributed by atoms with Crippen molar-refractivity contribution in [2.45, 2.75) is 6.92 Å². The molecule has 0 aliphatic rings. The third-order valence-corrected chi connectivity index (χ3v) is 3.36. The predicted octanol–water partition coefficient (Wildman–Crippen LogP) is 3.31. The van der Waals surface area contributed by atoms with Gasteiger partial charge in [0.2, 0.25) is 0 Å². The molecule has 0 fully saturated rings. The van der Waals surface area contributed by atoms with Crippen molar-refractivity contribution in [2.75, 3.05) is 0 Å². The van der Waals surface area contributed by atoms with E-state index in [1.165, 1.54) is 0 Å². The second-order valence-corrected chi connectivity index (χ2v) is 4.95. The van der Waals surface area contributed by atoms with Gasteiger partial charge >= 0.3 is 5.76 Å². The van der Waals surface area contributed by atoms with Crippen LogP contribution >= 0.6 is 11.6 Å². The zero-order chi connectivity index (χ0) is 14.3. The fourth-order valence-electron chi connectivity index (χ4n) is 2.08. The number of aromatic nitrogens is 1. The normalized spacial score (nSPS) is 10.9. The standard InChI is InChI=1S/C15H10ClNO3/c1-8-2-4-10(16)7-11(8)14(18)9-3-5-12-13(6-9)20-15(19)17-12/h2-7H,1H3,(H,17,19). The first-order valence-corrected chi connectivity index (χ1v) is 6.36. The van der Waals surface area contributed by atoms with Gasteiger partial charge in [-0.15, -0.1) is 0 Å². The summed E-state index contributed by atoms with van der Waals surface area (Å²) in [5, 5.41) is 0.508. The Hall–Kier alpha value is -2.33. The van der Waals surface area contributed by atoms with Crippen LogP contribution in [0.4, 0.5) is 0 Å². The summed E-state index contributed by atoms with van der Waals surface area (Å²) in [4.78, 5) is 26.1. The molecule has 1 heterocycles. The predicted molar refractivity (Wildman–Crippen MR) is 76.5 cm³/mol. The molecule has 0 aliphatic heterocycles. The van der Waals surface area contributed by atoms with Crippen molar-refractivity contribution < 1.29 is 9.21 Å². The Morgan fingerprint density at radius 3 is 2.80 bits per heavy atom. The molecule has 0 radical (unpaired) electrons. The molecule has 3 rings (SSSR count). The quantitative estimate of drug-likeness (QED) is 0.736. The summed E-state index contributed by atoms with van der Waals surface area (Å²) >= 11 is 5.93. The van der Waals surface area contributed by atoms with Crippen LogP contribution in [0, 0.1) is 6.92 Å². The number of ketones is 1. The van der Waals surface area contributed by atoms with E-state index in [-0.39, 0.29) is 5.78 Å². The topological polar surface area (TPSA) is 63.1 Å². The maximum atomic E-state index is 12.5. The first-order chi connectivity index (χ1) is 9.54. The van der Waals surface area contributed by atoms with E-state index in [0.717, 1.165) is 5.56 Å². The van der Waals surface area contributed by atoms with Crippen LogP contribution in [-0.2, 0) is 0 Å². The van der Waals surface area contributed by atoms with Gasteiger partial charge in [-0.2, -0.15) is 0 Å². The first-order valence-electron chi connectivity index (χ1n) is 5.98. The Morgan fingerprint density at radius 2 is 2.00 bits per heavy atom. The summed E-state index contributed by atoms with van der Waals surface area (Å²) in [6.07, 6.45) is 0. The number of aryl methyl sites for hydroxylation is 1. The second kappa shape index (κ2) is 4.65. The molecule has 0 spiro atoms. The van der Waals surface area contributed by atoms with Crippen LogP contribution in [-0.4, -0.2) is 10.8 Å². The van der Waals surface area contributed by atoms with Crippen molar-refractivity contribution in [1.29, 1.82) is 0 Å². The number of carbonyl (C=O) groups is 1. The van der Waals surface area contributed by atoms with Gasteiger partial charge in [-0.1, -0.05) is 17.7 Å². The average molecular weight is 288 g/mol. The minimum Gasteiger partial charge on any atom is -0.408 e. The first kappa shape index (κ1) is 12.7. The van der Waals surface area contributed by atoms with E-state index >= 15 is 0 Å². The number of halogens is 1. The van der Waals surface area contributed by atoms with Crippen LogP contribution in [0.3, 0.4) is 0 Å². The van der Waals surface area contributed by atoms with Crippen LogP contribution in [0.15, 0.2) is 45.6 Å². The largest absolute Gasteiger partial charge is 0.417 e. The molecule has 0 atom stereocenters. The monoisotopic (exact) mass is 287 g/mol. The number of aromatic amines is 1. The molecule has 0 bridgehead atoms. The number of H-pyrrole nitrogens is 1. The smallest absolute Gasteiger partial charge is 0.408 e. The Kier molecular flexibility index (Phi) is 2.95. The van der Waals surface area contributed by atoms with E-state index in [9.17, 15) is 9.59 Å². The molecule has 0 saturated heterocycles. The zero-order valence-corrected chi connectivity index (χ0v) is 11.3. The van der Waals surface area contributed by atoms with E-state index < -0.39 is 5.76 Å². The molecular formula is C15H10ClNO3. The van der Waals surface area contributed by atoms with Gasteiger partial charge < -0.3 is 4.42 Å². The summed E-state index contributed by atoms with van der Waals surface area (Å²) < 4.78 is 4.96. The lowest BCUT2D eigenvalue weighted by atomic mass is 9.99. The fraction of sp³-hybridized carbons (Fsp3) is 0.0667. The van der Waals surface area contributed by atoms with E-state index in [1.54, 1.807) is 36.4 Å². The maximum absolute atomic E-state index is 12.5. The maximum Gasteiger partial charge on any atom is 0.417 e. The number of rotatable bonds is 2.